The van der Waals surface area contributed by atoms with Gasteiger partial charge in [0.1, 0.15) is 0 Å². The van der Waals surface area contributed by atoms with E-state index in [-0.39, 0.29) is 0 Å². The summed E-state index contributed by atoms with van der Waals surface area (Å²) in [5.74, 6) is 0. The molecule has 2 nitrogen and oxygen atoms in total. The van der Waals surface area contributed by atoms with E-state index in [2.05, 4.69) is 16.8 Å². The number of hydrogen-bond acceptors (Lipinski definition) is 2. The zero-order valence-electron chi connectivity index (χ0n) is 14.1. The molecule has 21 heavy (non-hydrogen) atoms. The molecule has 2 aliphatic heterocycles. The molecule has 2 saturated carbocycles. The van der Waals surface area contributed by atoms with Crippen LogP contribution in [0.4, 0.5) is 0 Å². The molecule has 1 atom stereocenters. The third-order valence-electron chi connectivity index (χ3n) is 7.63. The van der Waals surface area contributed by atoms with E-state index < -0.39 is 0 Å². The summed E-state index contributed by atoms with van der Waals surface area (Å²) in [6.45, 7) is 4.18. The number of rotatable bonds is 1. The second kappa shape index (κ2) is 5.53. The molecule has 0 aromatic rings. The molecule has 0 aromatic heterocycles. The maximum Gasteiger partial charge on any atom is 0.0221 e. The second-order valence-electron chi connectivity index (χ2n) is 8.78. The summed E-state index contributed by atoms with van der Waals surface area (Å²) in [4.78, 5) is 5.67. The van der Waals surface area contributed by atoms with Crippen LogP contribution in [-0.4, -0.2) is 48.1 Å². The van der Waals surface area contributed by atoms with Crippen molar-refractivity contribution in [2.45, 2.75) is 88.6 Å². The van der Waals surface area contributed by atoms with Crippen LogP contribution in [0.2, 0.25) is 0 Å². The lowest BCUT2D eigenvalue weighted by atomic mass is 9.76. The zero-order valence-corrected chi connectivity index (χ0v) is 14.1. The molecule has 0 bridgehead atoms. The Balaban J connectivity index is 1.46. The first kappa shape index (κ1) is 14.5. The van der Waals surface area contributed by atoms with Gasteiger partial charge in [-0.25, -0.2) is 0 Å². The van der Waals surface area contributed by atoms with Gasteiger partial charge in [0.15, 0.2) is 0 Å². The Morgan fingerprint density at radius 2 is 1.48 bits per heavy atom. The first-order chi connectivity index (χ1) is 10.2. The van der Waals surface area contributed by atoms with E-state index in [0.29, 0.717) is 5.54 Å². The van der Waals surface area contributed by atoms with Crippen LogP contribution in [0.3, 0.4) is 0 Å². The number of hydrogen-bond donors (Lipinski definition) is 0. The van der Waals surface area contributed by atoms with Crippen molar-refractivity contribution in [3.8, 4) is 0 Å². The van der Waals surface area contributed by atoms with Gasteiger partial charge in [0, 0.05) is 18.1 Å². The Morgan fingerprint density at radius 3 is 2.24 bits per heavy atom. The van der Waals surface area contributed by atoms with Gasteiger partial charge in [-0.2, -0.15) is 0 Å². The van der Waals surface area contributed by atoms with E-state index in [9.17, 15) is 0 Å². The summed E-state index contributed by atoms with van der Waals surface area (Å²) in [7, 11) is 2.40. The van der Waals surface area contributed by atoms with Gasteiger partial charge in [-0.3, -0.25) is 4.90 Å². The highest BCUT2D eigenvalue weighted by atomic mass is 15.2. The summed E-state index contributed by atoms with van der Waals surface area (Å²) in [5, 5.41) is 0. The second-order valence-corrected chi connectivity index (χ2v) is 8.78. The molecule has 2 spiro atoms. The summed E-state index contributed by atoms with van der Waals surface area (Å²) in [6.07, 6.45) is 17.9. The minimum Gasteiger partial charge on any atom is -0.301 e. The Bertz CT molecular complexity index is 366. The Kier molecular flexibility index (Phi) is 3.82. The van der Waals surface area contributed by atoms with Gasteiger partial charge in [0.05, 0.1) is 0 Å². The summed E-state index contributed by atoms with van der Waals surface area (Å²) >= 11 is 0. The van der Waals surface area contributed by atoms with E-state index >= 15 is 0 Å². The molecule has 4 fully saturated rings. The number of piperidine rings is 2. The molecule has 4 aliphatic rings. The molecule has 2 heterocycles. The van der Waals surface area contributed by atoms with Crippen LogP contribution in [0.15, 0.2) is 0 Å². The van der Waals surface area contributed by atoms with Crippen LogP contribution in [0.1, 0.15) is 77.0 Å². The van der Waals surface area contributed by atoms with E-state index in [0.717, 1.165) is 11.5 Å². The van der Waals surface area contributed by atoms with Gasteiger partial charge >= 0.3 is 0 Å². The number of likely N-dealkylation sites (tertiary alicyclic amines) is 2. The van der Waals surface area contributed by atoms with Crippen LogP contribution in [0.5, 0.6) is 0 Å². The molecule has 0 radical (unpaired) electrons. The van der Waals surface area contributed by atoms with Crippen molar-refractivity contribution in [2.75, 3.05) is 26.7 Å². The Hall–Kier alpha value is -0.0800. The smallest absolute Gasteiger partial charge is 0.0221 e. The molecule has 0 N–H and O–H groups in total. The lowest BCUT2D eigenvalue weighted by Gasteiger charge is -2.52. The monoisotopic (exact) mass is 290 g/mol. The molecule has 0 amide bonds. The van der Waals surface area contributed by atoms with Crippen molar-refractivity contribution < 1.29 is 0 Å². The third-order valence-corrected chi connectivity index (χ3v) is 7.63. The average molecular weight is 290 g/mol. The first-order valence-corrected chi connectivity index (χ1v) is 9.67. The van der Waals surface area contributed by atoms with E-state index in [4.69, 9.17) is 0 Å². The van der Waals surface area contributed by atoms with Gasteiger partial charge in [0.25, 0.3) is 0 Å². The molecular formula is C19H34N2. The fraction of sp³-hybridized carbons (Fsp3) is 1.00. The van der Waals surface area contributed by atoms with Crippen LogP contribution >= 0.6 is 0 Å². The maximum absolute atomic E-state index is 2.95. The molecular weight excluding hydrogens is 256 g/mol. The molecule has 2 heteroatoms. The van der Waals surface area contributed by atoms with Crippen LogP contribution in [0, 0.1) is 5.41 Å². The van der Waals surface area contributed by atoms with Crippen molar-refractivity contribution in [1.82, 2.24) is 9.80 Å². The molecule has 0 unspecified atom stereocenters. The minimum absolute atomic E-state index is 0.587. The standard InChI is InChI=1S/C19H34N2/c1-20-14-7-17(15-19(20)11-4-5-12-19)21-13-6-10-18(16-21)8-2-3-9-18/h17H,2-16H2,1H3/t17-/m0/s1. The lowest BCUT2D eigenvalue weighted by Crippen LogP contribution is -2.57. The highest BCUT2D eigenvalue weighted by Crippen LogP contribution is 2.47. The zero-order chi connectivity index (χ0) is 14.3. The van der Waals surface area contributed by atoms with Crippen LogP contribution in [-0.2, 0) is 0 Å². The summed E-state index contributed by atoms with van der Waals surface area (Å²) in [6, 6.07) is 0.900. The molecule has 0 aromatic carbocycles. The van der Waals surface area contributed by atoms with E-state index in [1.807, 2.05) is 0 Å². The average Bonchev–Trinajstić information content (AvgIpc) is 3.13. The Morgan fingerprint density at radius 1 is 0.810 bits per heavy atom. The van der Waals surface area contributed by atoms with Crippen LogP contribution in [0.25, 0.3) is 0 Å². The summed E-state index contributed by atoms with van der Waals surface area (Å²) in [5.41, 5.74) is 1.33. The number of nitrogens with zero attached hydrogens (tertiary/aromatic N) is 2. The Labute approximate surface area is 131 Å². The van der Waals surface area contributed by atoms with Crippen molar-refractivity contribution in [3.05, 3.63) is 0 Å². The van der Waals surface area contributed by atoms with E-state index in [1.54, 1.807) is 0 Å². The predicted molar refractivity (Wildman–Crippen MR) is 88.6 cm³/mol. The van der Waals surface area contributed by atoms with Gasteiger partial charge in [0.2, 0.25) is 0 Å². The predicted octanol–water partition coefficient (Wildman–Crippen LogP) is 4.05. The van der Waals surface area contributed by atoms with Crippen LogP contribution < -0.4 is 0 Å². The highest BCUT2D eigenvalue weighted by molar-refractivity contribution is 5.02. The SMILES string of the molecule is CN1CC[C@H](N2CCCC3(CCCC3)C2)CC12CCCC2. The van der Waals surface area contributed by atoms with Gasteiger partial charge < -0.3 is 4.90 Å². The van der Waals surface area contributed by atoms with Gasteiger partial charge in [-0.15, -0.1) is 0 Å². The topological polar surface area (TPSA) is 6.48 Å². The maximum atomic E-state index is 2.95. The highest BCUT2D eigenvalue weighted by Gasteiger charge is 2.46. The third kappa shape index (κ3) is 2.57. The quantitative estimate of drug-likeness (QED) is 0.719. The first-order valence-electron chi connectivity index (χ1n) is 9.67. The normalized spacial score (nSPS) is 36.7. The fourth-order valence-electron chi connectivity index (χ4n) is 6.30. The lowest BCUT2D eigenvalue weighted by molar-refractivity contribution is -0.0151. The minimum atomic E-state index is 0.587. The van der Waals surface area contributed by atoms with Gasteiger partial charge in [-0.1, -0.05) is 25.7 Å². The van der Waals surface area contributed by atoms with Crippen molar-refractivity contribution >= 4 is 0 Å². The molecule has 2 aliphatic carbocycles. The van der Waals surface area contributed by atoms with Crippen molar-refractivity contribution in [3.63, 3.8) is 0 Å². The van der Waals surface area contributed by atoms with Gasteiger partial charge in [-0.05, 0) is 76.9 Å². The van der Waals surface area contributed by atoms with Crippen molar-refractivity contribution in [1.29, 1.82) is 0 Å². The fourth-order valence-corrected chi connectivity index (χ4v) is 6.30. The van der Waals surface area contributed by atoms with E-state index in [1.165, 1.54) is 96.7 Å². The molecule has 4 rings (SSSR count). The van der Waals surface area contributed by atoms with Crippen molar-refractivity contribution in [2.24, 2.45) is 5.41 Å². The molecule has 2 saturated heterocycles. The summed E-state index contributed by atoms with van der Waals surface area (Å²) < 4.78 is 0. The molecule has 120 valence electrons. The largest absolute Gasteiger partial charge is 0.301 e.